The summed E-state index contributed by atoms with van der Waals surface area (Å²) in [5.41, 5.74) is 0.218. The molecule has 0 amide bonds. The number of nitrogens with zero attached hydrogens (tertiary/aromatic N) is 1. The molecule has 3 aliphatic heterocycles. The number of hydrogen-bond donors (Lipinski definition) is 0. The Morgan fingerprint density at radius 1 is 1.50 bits per heavy atom. The van der Waals surface area contributed by atoms with Crippen molar-refractivity contribution in [1.29, 1.82) is 0 Å². The maximum absolute atomic E-state index is 5.60. The predicted octanol–water partition coefficient (Wildman–Crippen LogP) is 1.60. The van der Waals surface area contributed by atoms with Crippen molar-refractivity contribution in [3.8, 4) is 0 Å². The minimum Gasteiger partial charge on any atom is -0.317 e. The maximum Gasteiger partial charge on any atom is 0.263 e. The third-order valence-electron chi connectivity index (χ3n) is 2.80. The monoisotopic (exact) mass is 207 g/mol. The first kappa shape index (κ1) is 9.10. The molecule has 0 saturated carbocycles. The van der Waals surface area contributed by atoms with E-state index in [0.29, 0.717) is 0 Å². The lowest BCUT2D eigenvalue weighted by atomic mass is 9.87. The van der Waals surface area contributed by atoms with E-state index in [1.807, 2.05) is 7.05 Å². The highest BCUT2D eigenvalue weighted by Gasteiger charge is 2.48. The van der Waals surface area contributed by atoms with Gasteiger partial charge in [0.25, 0.3) is 6.64 Å². The van der Waals surface area contributed by atoms with Gasteiger partial charge in [-0.1, -0.05) is 6.92 Å². The highest BCUT2D eigenvalue weighted by molar-refractivity contribution is 8.08. The van der Waals surface area contributed by atoms with Crippen molar-refractivity contribution in [1.82, 2.24) is 4.67 Å². The molecule has 0 aromatic carbocycles. The van der Waals surface area contributed by atoms with Crippen molar-refractivity contribution in [3.63, 3.8) is 0 Å². The van der Waals surface area contributed by atoms with Gasteiger partial charge in [0.1, 0.15) is 0 Å². The molecule has 3 rings (SSSR count). The standard InChI is InChI=1S/C7H14NO2PS/c1-3-7-4-8(2)11(12,9-5-7)10-6-7/h3-6H2,1-2H3. The fourth-order valence-electron chi connectivity index (χ4n) is 1.69. The van der Waals surface area contributed by atoms with Gasteiger partial charge < -0.3 is 9.05 Å². The summed E-state index contributed by atoms with van der Waals surface area (Å²) in [6.07, 6.45) is 1.10. The number of rotatable bonds is 1. The molecular formula is C7H14NO2PS. The van der Waals surface area contributed by atoms with E-state index in [-0.39, 0.29) is 5.41 Å². The van der Waals surface area contributed by atoms with Crippen LogP contribution in [0.5, 0.6) is 0 Å². The second kappa shape index (κ2) is 2.76. The van der Waals surface area contributed by atoms with Gasteiger partial charge in [0.2, 0.25) is 0 Å². The van der Waals surface area contributed by atoms with Crippen LogP contribution in [0.3, 0.4) is 0 Å². The summed E-state index contributed by atoms with van der Waals surface area (Å²) in [4.78, 5) is 0. The Balaban J connectivity index is 2.25. The molecule has 0 atom stereocenters. The Morgan fingerprint density at radius 2 is 2.08 bits per heavy atom. The van der Waals surface area contributed by atoms with Gasteiger partial charge in [0, 0.05) is 12.0 Å². The molecule has 3 nitrogen and oxygen atoms in total. The van der Waals surface area contributed by atoms with Gasteiger partial charge in [0.15, 0.2) is 0 Å². The smallest absolute Gasteiger partial charge is 0.263 e. The second-order valence-corrected chi connectivity index (χ2v) is 7.21. The van der Waals surface area contributed by atoms with Gasteiger partial charge >= 0.3 is 0 Å². The van der Waals surface area contributed by atoms with Crippen LogP contribution in [0.2, 0.25) is 0 Å². The largest absolute Gasteiger partial charge is 0.317 e. The zero-order valence-electron chi connectivity index (χ0n) is 7.45. The van der Waals surface area contributed by atoms with Crippen molar-refractivity contribution < 1.29 is 9.05 Å². The Kier molecular flexibility index (Phi) is 2.09. The predicted molar refractivity (Wildman–Crippen MR) is 51.5 cm³/mol. The molecule has 2 bridgehead atoms. The quantitative estimate of drug-likeness (QED) is 0.609. The van der Waals surface area contributed by atoms with Crippen molar-refractivity contribution >= 4 is 18.4 Å². The first-order chi connectivity index (χ1) is 5.60. The van der Waals surface area contributed by atoms with Crippen LogP contribution in [0, 0.1) is 5.41 Å². The lowest BCUT2D eigenvalue weighted by Gasteiger charge is -2.51. The third kappa shape index (κ3) is 1.17. The SMILES string of the molecule is CCC12COP(=S)(OC1)N(C)C2. The summed E-state index contributed by atoms with van der Waals surface area (Å²) in [7, 11) is 2.00. The molecule has 5 heteroatoms. The van der Waals surface area contributed by atoms with Crippen molar-refractivity contribution in [2.24, 2.45) is 5.41 Å². The fraction of sp³-hybridized carbons (Fsp3) is 1.00. The molecule has 3 aliphatic rings. The Hall–Kier alpha value is 0.530. The average Bonchev–Trinajstić information content (AvgIpc) is 2.08. The van der Waals surface area contributed by atoms with Gasteiger partial charge in [-0.3, -0.25) is 0 Å². The van der Waals surface area contributed by atoms with Crippen LogP contribution in [-0.4, -0.2) is 31.5 Å². The van der Waals surface area contributed by atoms with Crippen LogP contribution in [0.15, 0.2) is 0 Å². The lowest BCUT2D eigenvalue weighted by Crippen LogP contribution is -2.50. The number of hydrogen-bond acceptors (Lipinski definition) is 3. The molecular weight excluding hydrogens is 193 g/mol. The normalized spacial score (nSPS) is 48.2. The second-order valence-electron chi connectivity index (χ2n) is 3.68. The van der Waals surface area contributed by atoms with E-state index in [1.165, 1.54) is 0 Å². The summed E-state index contributed by atoms with van der Waals surface area (Å²) in [5.74, 6) is 0. The highest BCUT2D eigenvalue weighted by Crippen LogP contribution is 2.62. The van der Waals surface area contributed by atoms with E-state index in [0.717, 1.165) is 26.2 Å². The molecule has 3 fully saturated rings. The summed E-state index contributed by atoms with van der Waals surface area (Å²) in [6.45, 7) is 2.81. The van der Waals surface area contributed by atoms with Gasteiger partial charge in [0.05, 0.1) is 13.2 Å². The van der Waals surface area contributed by atoms with E-state index >= 15 is 0 Å². The first-order valence-corrected chi connectivity index (χ1v) is 6.80. The van der Waals surface area contributed by atoms with Crippen molar-refractivity contribution in [2.75, 3.05) is 26.8 Å². The van der Waals surface area contributed by atoms with Crippen LogP contribution in [0.25, 0.3) is 0 Å². The van der Waals surface area contributed by atoms with Gasteiger partial charge in [-0.05, 0) is 25.3 Å². The molecule has 70 valence electrons. The summed E-state index contributed by atoms with van der Waals surface area (Å²) < 4.78 is 13.3. The third-order valence-corrected chi connectivity index (χ3v) is 6.16. The molecule has 0 aliphatic carbocycles. The topological polar surface area (TPSA) is 21.7 Å². The molecule has 12 heavy (non-hydrogen) atoms. The molecule has 0 aromatic heterocycles. The molecule has 0 unspecified atom stereocenters. The van der Waals surface area contributed by atoms with Crippen LogP contribution in [-0.2, 0) is 20.9 Å². The van der Waals surface area contributed by atoms with E-state index < -0.39 is 6.64 Å². The molecule has 3 heterocycles. The van der Waals surface area contributed by atoms with Crippen molar-refractivity contribution in [2.45, 2.75) is 13.3 Å². The number of fused-ring (bicyclic) bond motifs is 3. The zero-order chi connectivity index (χ0) is 8.82. The summed E-state index contributed by atoms with van der Waals surface area (Å²) in [6, 6.07) is 0. The van der Waals surface area contributed by atoms with Crippen LogP contribution in [0.4, 0.5) is 0 Å². The molecule has 0 radical (unpaired) electrons. The molecule has 0 spiro atoms. The zero-order valence-corrected chi connectivity index (χ0v) is 9.16. The van der Waals surface area contributed by atoms with E-state index in [2.05, 4.69) is 11.6 Å². The highest BCUT2D eigenvalue weighted by atomic mass is 32.5. The summed E-state index contributed by atoms with van der Waals surface area (Å²) >= 11 is 5.31. The average molecular weight is 207 g/mol. The first-order valence-electron chi connectivity index (χ1n) is 4.21. The molecule has 3 saturated heterocycles. The van der Waals surface area contributed by atoms with Crippen LogP contribution < -0.4 is 0 Å². The van der Waals surface area contributed by atoms with Gasteiger partial charge in [-0.25, -0.2) is 4.67 Å². The van der Waals surface area contributed by atoms with Gasteiger partial charge in [-0.2, -0.15) is 0 Å². The van der Waals surface area contributed by atoms with Crippen molar-refractivity contribution in [3.05, 3.63) is 0 Å². The maximum atomic E-state index is 5.60. The van der Waals surface area contributed by atoms with E-state index in [4.69, 9.17) is 20.9 Å². The Bertz CT molecular complexity index is 234. The van der Waals surface area contributed by atoms with E-state index in [9.17, 15) is 0 Å². The Morgan fingerprint density at radius 3 is 2.50 bits per heavy atom. The minimum absolute atomic E-state index is 0.218. The molecule has 0 aromatic rings. The fourth-order valence-corrected chi connectivity index (χ4v) is 4.00. The van der Waals surface area contributed by atoms with E-state index in [1.54, 1.807) is 0 Å². The lowest BCUT2D eigenvalue weighted by molar-refractivity contribution is -0.0309. The van der Waals surface area contributed by atoms with Gasteiger partial charge in [-0.15, -0.1) is 0 Å². The minimum atomic E-state index is -2.01. The van der Waals surface area contributed by atoms with Crippen LogP contribution in [0.1, 0.15) is 13.3 Å². The Labute approximate surface area is 78.3 Å². The summed E-state index contributed by atoms with van der Waals surface area (Å²) in [5, 5.41) is 0. The van der Waals surface area contributed by atoms with Crippen LogP contribution >= 0.6 is 6.64 Å². The molecule has 0 N–H and O–H groups in total.